The number of carboxylic acids is 1. The lowest BCUT2D eigenvalue weighted by molar-refractivity contribution is -0.152. The highest BCUT2D eigenvalue weighted by molar-refractivity contribution is 6.12. The zero-order chi connectivity index (χ0) is 14.2. The number of nitrogens with zero attached hydrogens (tertiary/aromatic N) is 1. The Balaban J connectivity index is 2.13. The average molecular weight is 267 g/mol. The van der Waals surface area contributed by atoms with Gasteiger partial charge in [0.2, 0.25) is 5.91 Å². The average Bonchev–Trinajstić information content (AvgIpc) is 2.46. The second-order valence-electron chi connectivity index (χ2n) is 4.77. The number of amides is 1. The molecule has 1 atom stereocenters. The Bertz CT molecular complexity index is 654. The molecule has 0 bridgehead atoms. The van der Waals surface area contributed by atoms with Gasteiger partial charge in [-0.2, -0.15) is 0 Å². The van der Waals surface area contributed by atoms with Crippen LogP contribution in [0.5, 0.6) is 0 Å². The Morgan fingerprint density at radius 2 is 1.55 bits per heavy atom. The number of benzene rings is 2. The number of anilines is 1. The summed E-state index contributed by atoms with van der Waals surface area (Å²) in [6.07, 6.45) is -0.0127. The molecule has 3 rings (SSSR count). The monoisotopic (exact) mass is 267 g/mol. The van der Waals surface area contributed by atoms with Crippen molar-refractivity contribution < 1.29 is 14.7 Å². The van der Waals surface area contributed by atoms with Crippen LogP contribution in [0.15, 0.2) is 60.7 Å². The van der Waals surface area contributed by atoms with Crippen molar-refractivity contribution in [2.75, 3.05) is 4.90 Å². The van der Waals surface area contributed by atoms with Gasteiger partial charge in [0.1, 0.15) is 0 Å². The standard InChI is InChI=1S/C16H13NO3/c18-14-11-16(15(19)20,12-7-3-1-4-8-12)17(14)13-9-5-2-6-10-13/h1-10H,11H2,(H,19,20). The first-order valence-electron chi connectivity index (χ1n) is 6.33. The van der Waals surface area contributed by atoms with Crippen LogP contribution in [0.1, 0.15) is 12.0 Å². The minimum Gasteiger partial charge on any atom is -0.479 e. The van der Waals surface area contributed by atoms with Gasteiger partial charge in [-0.3, -0.25) is 9.69 Å². The second kappa shape index (κ2) is 4.49. The Morgan fingerprint density at radius 3 is 2.05 bits per heavy atom. The molecule has 100 valence electrons. The fourth-order valence-corrected chi connectivity index (χ4v) is 2.68. The lowest BCUT2D eigenvalue weighted by atomic mass is 9.77. The first kappa shape index (κ1) is 12.4. The highest BCUT2D eigenvalue weighted by Crippen LogP contribution is 2.44. The number of carbonyl (C=O) groups is 2. The molecule has 1 saturated heterocycles. The summed E-state index contributed by atoms with van der Waals surface area (Å²) < 4.78 is 0. The number of carboxylic acid groups (broad SMARTS) is 1. The minimum atomic E-state index is -1.29. The number of hydrogen-bond donors (Lipinski definition) is 1. The molecule has 20 heavy (non-hydrogen) atoms. The summed E-state index contributed by atoms with van der Waals surface area (Å²) in [6.45, 7) is 0. The predicted molar refractivity (Wildman–Crippen MR) is 74.3 cm³/mol. The van der Waals surface area contributed by atoms with Gasteiger partial charge < -0.3 is 5.11 Å². The molecule has 1 aliphatic rings. The van der Waals surface area contributed by atoms with Crippen LogP contribution in [0, 0.1) is 0 Å². The van der Waals surface area contributed by atoms with Crippen molar-refractivity contribution in [2.24, 2.45) is 0 Å². The topological polar surface area (TPSA) is 57.6 Å². The van der Waals surface area contributed by atoms with Crippen LogP contribution in [-0.4, -0.2) is 17.0 Å². The highest BCUT2D eigenvalue weighted by atomic mass is 16.4. The molecule has 0 aromatic heterocycles. The largest absolute Gasteiger partial charge is 0.479 e. The van der Waals surface area contributed by atoms with Gasteiger partial charge in [-0.1, -0.05) is 48.5 Å². The molecule has 1 fully saturated rings. The van der Waals surface area contributed by atoms with Crippen molar-refractivity contribution in [3.8, 4) is 0 Å². The van der Waals surface area contributed by atoms with Crippen molar-refractivity contribution in [1.82, 2.24) is 0 Å². The SMILES string of the molecule is O=C1CC(C(=O)O)(c2ccccc2)N1c1ccccc1. The molecular weight excluding hydrogens is 254 g/mol. The molecule has 2 aromatic carbocycles. The first-order chi connectivity index (χ1) is 9.66. The van der Waals surface area contributed by atoms with Gasteiger partial charge in [0.15, 0.2) is 5.54 Å². The van der Waals surface area contributed by atoms with Crippen molar-refractivity contribution in [3.63, 3.8) is 0 Å². The van der Waals surface area contributed by atoms with Gasteiger partial charge in [0.25, 0.3) is 0 Å². The van der Waals surface area contributed by atoms with Crippen LogP contribution in [0.4, 0.5) is 5.69 Å². The summed E-state index contributed by atoms with van der Waals surface area (Å²) in [6, 6.07) is 17.8. The molecule has 1 aliphatic heterocycles. The normalized spacial score (nSPS) is 21.4. The van der Waals surface area contributed by atoms with Crippen LogP contribution in [-0.2, 0) is 15.1 Å². The smallest absolute Gasteiger partial charge is 0.335 e. The van der Waals surface area contributed by atoms with Gasteiger partial charge in [0, 0.05) is 5.69 Å². The number of para-hydroxylation sites is 1. The third kappa shape index (κ3) is 1.61. The van der Waals surface area contributed by atoms with E-state index in [9.17, 15) is 14.7 Å². The zero-order valence-corrected chi connectivity index (χ0v) is 10.7. The summed E-state index contributed by atoms with van der Waals surface area (Å²) in [5.74, 6) is -1.19. The molecule has 1 unspecified atom stereocenters. The molecule has 1 heterocycles. The molecule has 0 spiro atoms. The fourth-order valence-electron chi connectivity index (χ4n) is 2.68. The highest BCUT2D eigenvalue weighted by Gasteiger charge is 2.58. The molecular formula is C16H13NO3. The molecule has 0 saturated carbocycles. The molecule has 4 nitrogen and oxygen atoms in total. The summed E-state index contributed by atoms with van der Waals surface area (Å²) in [5.41, 5.74) is -0.0642. The van der Waals surface area contributed by atoms with E-state index in [1.165, 1.54) is 4.90 Å². The van der Waals surface area contributed by atoms with E-state index in [4.69, 9.17) is 0 Å². The Labute approximate surface area is 116 Å². The maximum Gasteiger partial charge on any atom is 0.335 e. The fraction of sp³-hybridized carbons (Fsp3) is 0.125. The quantitative estimate of drug-likeness (QED) is 0.869. The summed E-state index contributed by atoms with van der Waals surface area (Å²) in [5, 5.41) is 9.69. The molecule has 0 radical (unpaired) electrons. The summed E-state index contributed by atoms with van der Waals surface area (Å²) >= 11 is 0. The van der Waals surface area contributed by atoms with Crippen molar-refractivity contribution >= 4 is 17.6 Å². The van der Waals surface area contributed by atoms with E-state index < -0.39 is 11.5 Å². The van der Waals surface area contributed by atoms with Crippen LogP contribution in [0.2, 0.25) is 0 Å². The zero-order valence-electron chi connectivity index (χ0n) is 10.7. The number of hydrogen-bond acceptors (Lipinski definition) is 2. The molecule has 2 aromatic rings. The van der Waals surface area contributed by atoms with E-state index in [0.29, 0.717) is 11.3 Å². The van der Waals surface area contributed by atoms with Crippen molar-refractivity contribution in [3.05, 3.63) is 66.2 Å². The van der Waals surface area contributed by atoms with E-state index in [1.54, 1.807) is 48.5 Å². The van der Waals surface area contributed by atoms with Crippen LogP contribution < -0.4 is 4.90 Å². The number of β-lactam (4-membered cyclic amide) rings is 1. The Kier molecular flexibility index (Phi) is 2.79. The van der Waals surface area contributed by atoms with E-state index in [2.05, 4.69) is 0 Å². The number of aliphatic carboxylic acids is 1. The maximum absolute atomic E-state index is 12.0. The predicted octanol–water partition coefficient (Wildman–Crippen LogP) is 2.40. The van der Waals surface area contributed by atoms with Crippen LogP contribution >= 0.6 is 0 Å². The van der Waals surface area contributed by atoms with Gasteiger partial charge >= 0.3 is 5.97 Å². The number of carbonyl (C=O) groups excluding carboxylic acids is 1. The van der Waals surface area contributed by atoms with Crippen molar-refractivity contribution in [1.29, 1.82) is 0 Å². The summed E-state index contributed by atoms with van der Waals surface area (Å²) in [7, 11) is 0. The Hall–Kier alpha value is -2.62. The van der Waals surface area contributed by atoms with Gasteiger partial charge in [-0.25, -0.2) is 4.79 Å². The maximum atomic E-state index is 12.0. The molecule has 0 aliphatic carbocycles. The van der Waals surface area contributed by atoms with Gasteiger partial charge in [0.05, 0.1) is 6.42 Å². The van der Waals surface area contributed by atoms with Gasteiger partial charge in [-0.05, 0) is 17.7 Å². The van der Waals surface area contributed by atoms with E-state index in [0.717, 1.165) is 0 Å². The van der Waals surface area contributed by atoms with Crippen molar-refractivity contribution in [2.45, 2.75) is 12.0 Å². The Morgan fingerprint density at radius 1 is 1.00 bits per heavy atom. The lowest BCUT2D eigenvalue weighted by Gasteiger charge is -2.49. The molecule has 4 heteroatoms. The third-order valence-corrected chi connectivity index (χ3v) is 3.66. The molecule has 1 amide bonds. The van der Waals surface area contributed by atoms with Crippen LogP contribution in [0.25, 0.3) is 0 Å². The third-order valence-electron chi connectivity index (χ3n) is 3.66. The van der Waals surface area contributed by atoms with Crippen LogP contribution in [0.3, 0.4) is 0 Å². The first-order valence-corrected chi connectivity index (χ1v) is 6.33. The second-order valence-corrected chi connectivity index (χ2v) is 4.77. The molecule has 1 N–H and O–H groups in total. The minimum absolute atomic E-state index is 0.0127. The summed E-state index contributed by atoms with van der Waals surface area (Å²) in [4.78, 5) is 25.2. The van der Waals surface area contributed by atoms with E-state index >= 15 is 0 Å². The van der Waals surface area contributed by atoms with Gasteiger partial charge in [-0.15, -0.1) is 0 Å². The van der Waals surface area contributed by atoms with E-state index in [-0.39, 0.29) is 12.3 Å². The lowest BCUT2D eigenvalue weighted by Crippen LogP contribution is -2.65. The number of rotatable bonds is 3. The van der Waals surface area contributed by atoms with E-state index in [1.807, 2.05) is 12.1 Å².